The lowest BCUT2D eigenvalue weighted by molar-refractivity contribution is -0.144. The van der Waals surface area contributed by atoms with Gasteiger partial charge in [0.25, 0.3) is 0 Å². The summed E-state index contributed by atoms with van der Waals surface area (Å²) in [5, 5.41) is 10.3. The summed E-state index contributed by atoms with van der Waals surface area (Å²) < 4.78 is 38.6. The van der Waals surface area contributed by atoms with E-state index in [1.807, 2.05) is 0 Å². The van der Waals surface area contributed by atoms with Crippen LogP contribution in [0.5, 0.6) is 0 Å². The van der Waals surface area contributed by atoms with Gasteiger partial charge in [0.1, 0.15) is 11.7 Å². The summed E-state index contributed by atoms with van der Waals surface area (Å²) in [6, 6.07) is 0.872. The Labute approximate surface area is 94.1 Å². The molecule has 0 saturated carbocycles. The molecule has 0 aromatic heterocycles. The monoisotopic (exact) mass is 247 g/mol. The molecular weight excluding hydrogens is 239 g/mol. The molecule has 4 nitrogen and oxygen atoms in total. The molecule has 0 fully saturated rings. The lowest BCUT2D eigenvalue weighted by Gasteiger charge is -2.09. The second kappa shape index (κ2) is 4.86. The van der Waals surface area contributed by atoms with Crippen LogP contribution in [-0.2, 0) is 9.59 Å². The first kappa shape index (κ1) is 13.0. The van der Waals surface area contributed by atoms with Gasteiger partial charge in [-0.05, 0) is 6.92 Å². The lowest BCUT2D eigenvalue weighted by atomic mass is 10.1. The molecule has 1 aromatic rings. The van der Waals surface area contributed by atoms with Gasteiger partial charge in [-0.1, -0.05) is 0 Å². The van der Waals surface area contributed by atoms with Crippen molar-refractivity contribution in [2.24, 2.45) is 5.92 Å². The van der Waals surface area contributed by atoms with Crippen molar-refractivity contribution in [3.8, 4) is 0 Å². The summed E-state index contributed by atoms with van der Waals surface area (Å²) in [4.78, 5) is 21.7. The Morgan fingerprint density at radius 3 is 2.41 bits per heavy atom. The van der Waals surface area contributed by atoms with Gasteiger partial charge >= 0.3 is 5.97 Å². The van der Waals surface area contributed by atoms with Gasteiger partial charge in [-0.2, -0.15) is 0 Å². The van der Waals surface area contributed by atoms with E-state index in [0.717, 1.165) is 6.92 Å². The van der Waals surface area contributed by atoms with Gasteiger partial charge in [0.15, 0.2) is 11.6 Å². The number of hydrogen-bond acceptors (Lipinski definition) is 2. The van der Waals surface area contributed by atoms with E-state index < -0.39 is 40.9 Å². The van der Waals surface area contributed by atoms with Crippen LogP contribution in [0, 0.1) is 23.4 Å². The minimum absolute atomic E-state index is 0.311. The maximum absolute atomic E-state index is 13.1. The van der Waals surface area contributed by atoms with E-state index >= 15 is 0 Å². The minimum atomic E-state index is -1.47. The molecule has 0 bridgehead atoms. The van der Waals surface area contributed by atoms with E-state index in [0.29, 0.717) is 12.1 Å². The molecule has 0 aliphatic rings. The van der Waals surface area contributed by atoms with Crippen LogP contribution < -0.4 is 5.32 Å². The third kappa shape index (κ3) is 2.96. The molecule has 0 saturated heterocycles. The molecule has 92 valence electrons. The number of halogens is 3. The predicted octanol–water partition coefficient (Wildman–Crippen LogP) is 1.76. The Morgan fingerprint density at radius 1 is 1.29 bits per heavy atom. The van der Waals surface area contributed by atoms with Crippen LogP contribution in [0.15, 0.2) is 12.1 Å². The number of amides is 1. The average Bonchev–Trinajstić information content (AvgIpc) is 2.23. The lowest BCUT2D eigenvalue weighted by Crippen LogP contribution is -2.27. The molecule has 0 aliphatic carbocycles. The van der Waals surface area contributed by atoms with E-state index in [4.69, 9.17) is 5.11 Å². The number of benzene rings is 1. The Hall–Kier alpha value is -2.05. The molecule has 1 atom stereocenters. The largest absolute Gasteiger partial charge is 0.481 e. The zero-order valence-corrected chi connectivity index (χ0v) is 8.63. The number of aliphatic carboxylic acids is 1. The molecular formula is C10H8F3NO3. The molecule has 7 heteroatoms. The molecule has 1 aromatic carbocycles. The van der Waals surface area contributed by atoms with Crippen molar-refractivity contribution in [3.05, 3.63) is 29.6 Å². The van der Waals surface area contributed by atoms with Crippen molar-refractivity contribution in [1.29, 1.82) is 0 Å². The van der Waals surface area contributed by atoms with Crippen molar-refractivity contribution in [1.82, 2.24) is 0 Å². The van der Waals surface area contributed by atoms with Crippen LogP contribution in [0.1, 0.15) is 6.92 Å². The standard InChI is InChI=1S/C10H8F3NO3/c1-4(10(16)17)9(15)14-7-3-5(11)2-6(12)8(7)13/h2-4H,1H3,(H,14,15)(H,16,17). The number of anilines is 1. The van der Waals surface area contributed by atoms with Crippen molar-refractivity contribution in [2.45, 2.75) is 6.92 Å². The van der Waals surface area contributed by atoms with Gasteiger partial charge in [0.2, 0.25) is 5.91 Å². The number of rotatable bonds is 3. The summed E-state index contributed by atoms with van der Waals surface area (Å²) in [6.07, 6.45) is 0. The van der Waals surface area contributed by atoms with Gasteiger partial charge < -0.3 is 10.4 Å². The summed E-state index contributed by atoms with van der Waals surface area (Å²) >= 11 is 0. The van der Waals surface area contributed by atoms with E-state index in [1.165, 1.54) is 0 Å². The van der Waals surface area contributed by atoms with Crippen molar-refractivity contribution in [2.75, 3.05) is 5.32 Å². The smallest absolute Gasteiger partial charge is 0.315 e. The van der Waals surface area contributed by atoms with Crippen molar-refractivity contribution in [3.63, 3.8) is 0 Å². The third-order valence-corrected chi connectivity index (χ3v) is 2.01. The van der Waals surface area contributed by atoms with Gasteiger partial charge in [0, 0.05) is 12.1 Å². The number of carbonyl (C=O) groups is 2. The van der Waals surface area contributed by atoms with E-state index in [1.54, 1.807) is 5.32 Å². The summed E-state index contributed by atoms with van der Waals surface area (Å²) in [7, 11) is 0. The summed E-state index contributed by atoms with van der Waals surface area (Å²) in [6.45, 7) is 1.06. The Balaban J connectivity index is 2.96. The van der Waals surface area contributed by atoms with E-state index in [9.17, 15) is 22.8 Å². The van der Waals surface area contributed by atoms with Crippen LogP contribution in [0.2, 0.25) is 0 Å². The molecule has 1 rings (SSSR count). The normalized spacial score (nSPS) is 12.0. The fraction of sp³-hybridized carbons (Fsp3) is 0.200. The predicted molar refractivity (Wildman–Crippen MR) is 51.7 cm³/mol. The first-order valence-corrected chi connectivity index (χ1v) is 4.51. The zero-order chi connectivity index (χ0) is 13.2. The molecule has 0 heterocycles. The number of carboxylic acids is 1. The van der Waals surface area contributed by atoms with Crippen LogP contribution in [0.25, 0.3) is 0 Å². The van der Waals surface area contributed by atoms with E-state index in [2.05, 4.69) is 0 Å². The highest BCUT2D eigenvalue weighted by atomic mass is 19.2. The second-order valence-corrected chi connectivity index (χ2v) is 3.30. The fourth-order valence-electron chi connectivity index (χ4n) is 1.00. The van der Waals surface area contributed by atoms with Crippen molar-refractivity contribution < 1.29 is 27.9 Å². The molecule has 2 N–H and O–H groups in total. The molecule has 1 unspecified atom stereocenters. The molecule has 17 heavy (non-hydrogen) atoms. The Bertz CT molecular complexity index is 476. The highest BCUT2D eigenvalue weighted by molar-refractivity contribution is 6.03. The molecule has 0 spiro atoms. The number of carboxylic acid groups (broad SMARTS) is 1. The van der Waals surface area contributed by atoms with Crippen LogP contribution >= 0.6 is 0 Å². The average molecular weight is 247 g/mol. The van der Waals surface area contributed by atoms with Crippen molar-refractivity contribution >= 4 is 17.6 Å². The van der Waals surface area contributed by atoms with Gasteiger partial charge in [-0.3, -0.25) is 9.59 Å². The maximum atomic E-state index is 13.1. The van der Waals surface area contributed by atoms with Crippen LogP contribution in [0.3, 0.4) is 0 Å². The first-order valence-electron chi connectivity index (χ1n) is 4.51. The minimum Gasteiger partial charge on any atom is -0.481 e. The van der Waals surface area contributed by atoms with E-state index in [-0.39, 0.29) is 0 Å². The molecule has 1 amide bonds. The Morgan fingerprint density at radius 2 is 1.88 bits per heavy atom. The zero-order valence-electron chi connectivity index (χ0n) is 8.63. The molecule has 0 aliphatic heterocycles. The highest BCUT2D eigenvalue weighted by Crippen LogP contribution is 2.19. The summed E-state index contributed by atoms with van der Waals surface area (Å²) in [5.41, 5.74) is -0.736. The number of hydrogen-bond donors (Lipinski definition) is 2. The summed E-state index contributed by atoms with van der Waals surface area (Å²) in [5.74, 6) is -7.95. The molecule has 0 radical (unpaired) electrons. The first-order chi connectivity index (χ1) is 7.82. The van der Waals surface area contributed by atoms with Gasteiger partial charge in [-0.15, -0.1) is 0 Å². The highest BCUT2D eigenvalue weighted by Gasteiger charge is 2.22. The maximum Gasteiger partial charge on any atom is 0.315 e. The van der Waals surface area contributed by atoms with Gasteiger partial charge in [-0.25, -0.2) is 13.2 Å². The number of nitrogens with one attached hydrogen (secondary N) is 1. The topological polar surface area (TPSA) is 66.4 Å². The SMILES string of the molecule is CC(C(=O)O)C(=O)Nc1cc(F)cc(F)c1F. The number of carbonyl (C=O) groups excluding carboxylic acids is 1. The second-order valence-electron chi connectivity index (χ2n) is 3.30. The van der Waals surface area contributed by atoms with Crippen LogP contribution in [0.4, 0.5) is 18.9 Å². The fourth-order valence-corrected chi connectivity index (χ4v) is 1.00. The van der Waals surface area contributed by atoms with Gasteiger partial charge in [0.05, 0.1) is 5.69 Å². The van der Waals surface area contributed by atoms with Crippen LogP contribution in [-0.4, -0.2) is 17.0 Å². The Kier molecular flexibility index (Phi) is 3.72. The quantitative estimate of drug-likeness (QED) is 0.631. The third-order valence-electron chi connectivity index (χ3n) is 2.01.